The Bertz CT molecular complexity index is 670. The molecule has 0 atom stereocenters. The lowest BCUT2D eigenvalue weighted by atomic mass is 10.2. The van der Waals surface area contributed by atoms with Crippen molar-refractivity contribution in [2.75, 3.05) is 11.1 Å². The number of aryl methyl sites for hydroxylation is 1. The molecule has 0 aliphatic heterocycles. The summed E-state index contributed by atoms with van der Waals surface area (Å²) in [5.74, 6) is -7.53. The molecule has 0 radical (unpaired) electrons. The number of nitrogens with two attached hydrogens (primary N) is 1. The van der Waals surface area contributed by atoms with Crippen LogP contribution in [0.4, 0.5) is 28.9 Å². The molecule has 2 aromatic rings. The van der Waals surface area contributed by atoms with Crippen LogP contribution in [0.25, 0.3) is 0 Å². The van der Waals surface area contributed by atoms with Crippen molar-refractivity contribution in [3.63, 3.8) is 0 Å². The molecule has 0 fully saturated rings. The van der Waals surface area contributed by atoms with Gasteiger partial charge >= 0.3 is 0 Å². The van der Waals surface area contributed by atoms with Gasteiger partial charge in [-0.15, -0.1) is 0 Å². The first kappa shape index (κ1) is 13.9. The van der Waals surface area contributed by atoms with Crippen LogP contribution in [0.15, 0.2) is 18.3 Å². The highest BCUT2D eigenvalue weighted by Gasteiger charge is 2.22. The second-order valence-corrected chi connectivity index (χ2v) is 4.07. The van der Waals surface area contributed by atoms with Crippen molar-refractivity contribution < 1.29 is 22.4 Å². The largest absolute Gasteiger partial charge is 0.397 e. The topological polar surface area (TPSA) is 60.0 Å². The first-order valence-corrected chi connectivity index (χ1v) is 5.37. The van der Waals surface area contributed by atoms with Crippen molar-refractivity contribution in [3.8, 4) is 0 Å². The van der Waals surface area contributed by atoms with Gasteiger partial charge in [-0.1, -0.05) is 0 Å². The van der Waals surface area contributed by atoms with E-state index in [4.69, 9.17) is 5.73 Å². The lowest BCUT2D eigenvalue weighted by Gasteiger charge is -2.09. The molecular formula is C12H9F4N3O. The van der Waals surface area contributed by atoms with Gasteiger partial charge in [-0.25, -0.2) is 17.6 Å². The zero-order valence-electron chi connectivity index (χ0n) is 10.2. The van der Waals surface area contributed by atoms with Gasteiger partial charge in [0, 0.05) is 19.3 Å². The van der Waals surface area contributed by atoms with Crippen molar-refractivity contribution in [1.82, 2.24) is 4.57 Å². The molecule has 106 valence electrons. The SMILES string of the molecule is Cn1cc(N)cc1C(=O)Nc1c(F)c(F)cc(F)c1F. The number of benzene rings is 1. The zero-order valence-corrected chi connectivity index (χ0v) is 10.2. The van der Waals surface area contributed by atoms with Crippen molar-refractivity contribution >= 4 is 17.3 Å². The van der Waals surface area contributed by atoms with Crippen molar-refractivity contribution in [2.24, 2.45) is 7.05 Å². The summed E-state index contributed by atoms with van der Waals surface area (Å²) in [6.45, 7) is 0. The van der Waals surface area contributed by atoms with Crippen LogP contribution in [0.3, 0.4) is 0 Å². The first-order valence-electron chi connectivity index (χ1n) is 5.37. The minimum atomic E-state index is -1.68. The summed E-state index contributed by atoms with van der Waals surface area (Å²) >= 11 is 0. The Kier molecular flexibility index (Phi) is 3.39. The molecule has 0 aliphatic rings. The van der Waals surface area contributed by atoms with E-state index in [0.29, 0.717) is 0 Å². The van der Waals surface area contributed by atoms with E-state index in [1.165, 1.54) is 23.9 Å². The van der Waals surface area contributed by atoms with Crippen molar-refractivity contribution in [2.45, 2.75) is 0 Å². The summed E-state index contributed by atoms with van der Waals surface area (Å²) in [5.41, 5.74) is 4.49. The van der Waals surface area contributed by atoms with E-state index in [1.54, 1.807) is 5.32 Å². The van der Waals surface area contributed by atoms with Gasteiger partial charge in [-0.2, -0.15) is 0 Å². The molecule has 0 saturated heterocycles. The second kappa shape index (κ2) is 4.87. The van der Waals surface area contributed by atoms with E-state index < -0.39 is 34.9 Å². The number of halogens is 4. The van der Waals surface area contributed by atoms with Crippen LogP contribution in [0.1, 0.15) is 10.5 Å². The van der Waals surface area contributed by atoms with Crippen LogP contribution in [-0.2, 0) is 7.05 Å². The molecule has 1 aromatic heterocycles. The lowest BCUT2D eigenvalue weighted by Crippen LogP contribution is -2.18. The highest BCUT2D eigenvalue weighted by molar-refractivity contribution is 6.04. The van der Waals surface area contributed by atoms with E-state index in [-0.39, 0.29) is 17.4 Å². The Balaban J connectivity index is 2.40. The number of rotatable bonds is 2. The van der Waals surface area contributed by atoms with Crippen molar-refractivity contribution in [1.29, 1.82) is 0 Å². The molecule has 0 spiro atoms. The number of hydrogen-bond acceptors (Lipinski definition) is 2. The van der Waals surface area contributed by atoms with Gasteiger partial charge in [0.25, 0.3) is 5.91 Å². The Hall–Kier alpha value is -2.51. The monoisotopic (exact) mass is 287 g/mol. The quantitative estimate of drug-likeness (QED) is 0.658. The number of carbonyl (C=O) groups excluding carboxylic acids is 1. The van der Waals surface area contributed by atoms with Crippen molar-refractivity contribution in [3.05, 3.63) is 47.3 Å². The summed E-state index contributed by atoms with van der Waals surface area (Å²) < 4.78 is 54.1. The molecular weight excluding hydrogens is 278 g/mol. The standard InChI is InChI=1S/C12H9F4N3O/c1-19-4-5(17)2-8(19)12(20)18-11-9(15)6(13)3-7(14)10(11)16/h2-4H,17H2,1H3,(H,18,20). The fourth-order valence-electron chi connectivity index (χ4n) is 1.68. The maximum atomic E-state index is 13.4. The molecule has 4 nitrogen and oxygen atoms in total. The predicted octanol–water partition coefficient (Wildman–Crippen LogP) is 2.42. The molecule has 1 heterocycles. The van der Waals surface area contributed by atoms with Gasteiger partial charge in [0.05, 0.1) is 5.69 Å². The smallest absolute Gasteiger partial charge is 0.272 e. The zero-order chi connectivity index (χ0) is 15.0. The van der Waals surface area contributed by atoms with Gasteiger partial charge in [0.2, 0.25) is 0 Å². The first-order chi connectivity index (χ1) is 9.31. The average Bonchev–Trinajstić information content (AvgIpc) is 2.71. The van der Waals surface area contributed by atoms with E-state index in [2.05, 4.69) is 0 Å². The van der Waals surface area contributed by atoms with Crippen LogP contribution in [0.5, 0.6) is 0 Å². The molecule has 1 aromatic carbocycles. The summed E-state index contributed by atoms with van der Waals surface area (Å²) in [6, 6.07) is 1.31. The summed E-state index contributed by atoms with van der Waals surface area (Å²) in [4.78, 5) is 11.8. The number of anilines is 2. The number of nitrogens with zero attached hydrogens (tertiary/aromatic N) is 1. The molecule has 1 amide bonds. The molecule has 0 saturated carbocycles. The highest BCUT2D eigenvalue weighted by atomic mass is 19.2. The molecule has 3 N–H and O–H groups in total. The molecule has 0 bridgehead atoms. The summed E-state index contributed by atoms with van der Waals surface area (Å²) in [5, 5.41) is 1.79. The molecule has 0 aliphatic carbocycles. The van der Waals surface area contributed by atoms with Gasteiger partial charge < -0.3 is 15.6 Å². The average molecular weight is 287 g/mol. The minimum absolute atomic E-state index is 0.0223. The number of nitrogens with one attached hydrogen (secondary N) is 1. The van der Waals surface area contributed by atoms with Gasteiger partial charge in [-0.3, -0.25) is 4.79 Å². The predicted molar refractivity (Wildman–Crippen MR) is 64.1 cm³/mol. The lowest BCUT2D eigenvalue weighted by molar-refractivity contribution is 0.101. The third-order valence-electron chi connectivity index (χ3n) is 2.61. The Morgan fingerprint density at radius 3 is 2.15 bits per heavy atom. The van der Waals surface area contributed by atoms with Gasteiger partial charge in [0.15, 0.2) is 23.3 Å². The minimum Gasteiger partial charge on any atom is -0.397 e. The molecule has 20 heavy (non-hydrogen) atoms. The Morgan fingerprint density at radius 2 is 1.70 bits per heavy atom. The summed E-state index contributed by atoms with van der Waals surface area (Å²) in [6.07, 6.45) is 1.40. The fourth-order valence-corrected chi connectivity index (χ4v) is 1.68. The number of carbonyl (C=O) groups is 1. The van der Waals surface area contributed by atoms with Crippen LogP contribution in [0.2, 0.25) is 0 Å². The molecule has 8 heteroatoms. The van der Waals surface area contributed by atoms with Gasteiger partial charge in [-0.05, 0) is 6.07 Å². The third kappa shape index (κ3) is 2.31. The van der Waals surface area contributed by atoms with E-state index in [9.17, 15) is 22.4 Å². The number of aromatic nitrogens is 1. The van der Waals surface area contributed by atoms with Crippen LogP contribution in [0, 0.1) is 23.3 Å². The third-order valence-corrected chi connectivity index (χ3v) is 2.61. The Morgan fingerprint density at radius 1 is 1.15 bits per heavy atom. The van der Waals surface area contributed by atoms with Crippen LogP contribution < -0.4 is 11.1 Å². The van der Waals surface area contributed by atoms with Crippen LogP contribution in [-0.4, -0.2) is 10.5 Å². The molecule has 0 unspecified atom stereocenters. The maximum Gasteiger partial charge on any atom is 0.272 e. The normalized spacial score (nSPS) is 10.7. The summed E-state index contributed by atoms with van der Waals surface area (Å²) in [7, 11) is 1.48. The highest BCUT2D eigenvalue weighted by Crippen LogP contribution is 2.24. The number of nitrogen functional groups attached to an aromatic ring is 1. The maximum absolute atomic E-state index is 13.4. The van der Waals surface area contributed by atoms with Crippen LogP contribution >= 0.6 is 0 Å². The number of hydrogen-bond donors (Lipinski definition) is 2. The van der Waals surface area contributed by atoms with E-state index in [1.807, 2.05) is 0 Å². The Labute approximate surface area is 110 Å². The van der Waals surface area contributed by atoms with Gasteiger partial charge in [0.1, 0.15) is 11.4 Å². The second-order valence-electron chi connectivity index (χ2n) is 4.07. The van der Waals surface area contributed by atoms with E-state index >= 15 is 0 Å². The molecule has 2 rings (SSSR count). The number of amides is 1. The van der Waals surface area contributed by atoms with E-state index in [0.717, 1.165) is 0 Å². The fraction of sp³-hybridized carbons (Fsp3) is 0.0833.